The fraction of sp³-hybridized carbons (Fsp3) is 0.923. The zero-order valence-corrected chi connectivity index (χ0v) is 17.8. The van der Waals surface area contributed by atoms with Crippen LogP contribution in [0.25, 0.3) is 0 Å². The van der Waals surface area contributed by atoms with Crippen LogP contribution in [0.5, 0.6) is 0 Å². The van der Waals surface area contributed by atoms with Crippen molar-refractivity contribution in [3.8, 4) is 0 Å². The second-order valence-corrected chi connectivity index (χ2v) is 8.41. The molecule has 0 aliphatic carbocycles. The largest absolute Gasteiger partial charge is 0.743 e. The summed E-state index contributed by atoms with van der Waals surface area (Å²) in [5, 5.41) is -7.95. The molecule has 0 unspecified atom stereocenters. The molecule has 0 radical (unpaired) electrons. The lowest BCUT2D eigenvalue weighted by atomic mass is 9.91. The Balaban J connectivity index is 0.00000148. The molecule has 1 aliphatic heterocycles. The Bertz CT molecular complexity index is 942. The molecular formula is C13H11F17N2O3S. The van der Waals surface area contributed by atoms with Crippen LogP contribution < -0.4 is 0 Å². The van der Waals surface area contributed by atoms with E-state index in [1.54, 1.807) is 0 Å². The molecule has 0 N–H and O–H groups in total. The molecule has 0 aromatic carbocycles. The highest BCUT2D eigenvalue weighted by molar-refractivity contribution is 7.86. The van der Waals surface area contributed by atoms with Gasteiger partial charge in [-0.1, -0.05) is 0 Å². The van der Waals surface area contributed by atoms with Gasteiger partial charge in [-0.25, -0.2) is 8.42 Å². The second-order valence-electron chi connectivity index (χ2n) is 6.99. The molecule has 216 valence electrons. The zero-order chi connectivity index (χ0) is 29.8. The molecule has 0 atom stereocenters. The fourth-order valence-corrected chi connectivity index (χ4v) is 2.52. The van der Waals surface area contributed by atoms with Gasteiger partial charge in [0.2, 0.25) is 6.34 Å². The standard InChI is InChI=1S/C8HF17O3S.C5H11N2/c9-1(10,3(13,14)5(17,18)7(21,22)23)2(11,12)4(15,16)6(19,20)8(24,25)29(26,27)28;1-6-3-4-7(2)5-6/h(H,26,27,28);5H,3-4H2,1-2H3/q;+1/p-1. The summed E-state index contributed by atoms with van der Waals surface area (Å²) in [5.41, 5.74) is 0. The molecule has 0 fully saturated rings. The number of likely N-dealkylation sites (N-methyl/N-ethyl adjacent to an activating group) is 2. The van der Waals surface area contributed by atoms with Crippen molar-refractivity contribution in [3.63, 3.8) is 0 Å². The lowest BCUT2D eigenvalue weighted by molar-refractivity contribution is -0.482. The highest BCUT2D eigenvalue weighted by Gasteiger charge is 2.95. The fourth-order valence-electron chi connectivity index (χ4n) is 2.07. The maximum atomic E-state index is 13.0. The molecule has 1 rings (SSSR count). The molecule has 0 spiro atoms. The molecule has 0 aromatic heterocycles. The van der Waals surface area contributed by atoms with E-state index in [2.05, 4.69) is 29.9 Å². The summed E-state index contributed by atoms with van der Waals surface area (Å²) in [7, 11) is -3.97. The minimum atomic E-state index is -8.92. The van der Waals surface area contributed by atoms with Gasteiger partial charge < -0.3 is 4.55 Å². The lowest BCUT2D eigenvalue weighted by Crippen LogP contribution is -2.75. The number of halogens is 17. The number of hydrogen-bond acceptors (Lipinski definition) is 4. The van der Waals surface area contributed by atoms with Gasteiger partial charge in [-0.2, -0.15) is 74.6 Å². The monoisotopic (exact) mass is 598 g/mol. The van der Waals surface area contributed by atoms with E-state index in [1.807, 2.05) is 0 Å². The number of alkyl halides is 17. The molecular weight excluding hydrogens is 587 g/mol. The topological polar surface area (TPSA) is 63.5 Å². The predicted molar refractivity (Wildman–Crippen MR) is 80.1 cm³/mol. The minimum absolute atomic E-state index is 1.18. The summed E-state index contributed by atoms with van der Waals surface area (Å²) in [6, 6.07) is 0. The maximum absolute atomic E-state index is 13.0. The molecule has 23 heteroatoms. The Labute approximate surface area is 188 Å². The minimum Gasteiger partial charge on any atom is -0.743 e. The third-order valence-electron chi connectivity index (χ3n) is 4.21. The van der Waals surface area contributed by atoms with Gasteiger partial charge in [-0.05, 0) is 0 Å². The summed E-state index contributed by atoms with van der Waals surface area (Å²) >= 11 is 0. The van der Waals surface area contributed by atoms with Crippen molar-refractivity contribution in [1.29, 1.82) is 0 Å². The van der Waals surface area contributed by atoms with Crippen LogP contribution in [0.15, 0.2) is 0 Å². The molecule has 1 aliphatic rings. The average molecular weight is 598 g/mol. The first kappa shape index (κ1) is 34.2. The number of rotatable bonds is 7. The highest BCUT2D eigenvalue weighted by atomic mass is 32.2. The molecule has 0 aromatic rings. The van der Waals surface area contributed by atoms with E-state index in [4.69, 9.17) is 0 Å². The van der Waals surface area contributed by atoms with Crippen LogP contribution >= 0.6 is 0 Å². The first-order valence-corrected chi connectivity index (χ1v) is 9.62. The maximum Gasteiger partial charge on any atom is 0.460 e. The third-order valence-corrected chi connectivity index (χ3v) is 5.09. The summed E-state index contributed by atoms with van der Waals surface area (Å²) < 4.78 is 246. The van der Waals surface area contributed by atoms with Gasteiger partial charge in [-0.3, -0.25) is 9.48 Å². The van der Waals surface area contributed by atoms with Gasteiger partial charge in [-0.15, -0.1) is 0 Å². The molecule has 0 saturated heterocycles. The molecule has 0 amide bonds. The van der Waals surface area contributed by atoms with E-state index in [0.717, 1.165) is 0 Å². The van der Waals surface area contributed by atoms with Crippen molar-refractivity contribution in [2.45, 2.75) is 47.0 Å². The molecule has 0 bridgehead atoms. The van der Waals surface area contributed by atoms with Gasteiger partial charge in [0.05, 0.1) is 14.1 Å². The van der Waals surface area contributed by atoms with Crippen LogP contribution in [0.4, 0.5) is 74.6 Å². The van der Waals surface area contributed by atoms with Gasteiger partial charge >= 0.3 is 47.0 Å². The van der Waals surface area contributed by atoms with Crippen molar-refractivity contribution >= 4 is 16.5 Å². The Hall–Kier alpha value is -1.81. The van der Waals surface area contributed by atoms with E-state index < -0.39 is 57.1 Å². The van der Waals surface area contributed by atoms with Crippen molar-refractivity contribution in [3.05, 3.63) is 0 Å². The van der Waals surface area contributed by atoms with Crippen LogP contribution in [-0.2, 0) is 10.1 Å². The number of hydrogen-bond donors (Lipinski definition) is 0. The summed E-state index contributed by atoms with van der Waals surface area (Å²) in [6.45, 7) is 2.35. The molecule has 5 nitrogen and oxygen atoms in total. The smallest absolute Gasteiger partial charge is 0.460 e. The van der Waals surface area contributed by atoms with Crippen molar-refractivity contribution in [1.82, 2.24) is 4.90 Å². The van der Waals surface area contributed by atoms with E-state index >= 15 is 0 Å². The third kappa shape index (κ3) is 4.99. The summed E-state index contributed by atoms with van der Waals surface area (Å²) in [5.74, 6) is -52.1. The van der Waals surface area contributed by atoms with E-state index in [0.29, 0.717) is 0 Å². The van der Waals surface area contributed by atoms with Crippen molar-refractivity contribution in [2.24, 2.45) is 0 Å². The quantitative estimate of drug-likeness (QED) is 0.252. The van der Waals surface area contributed by atoms with E-state index in [9.17, 15) is 87.6 Å². The van der Waals surface area contributed by atoms with Crippen LogP contribution in [0.3, 0.4) is 0 Å². The second kappa shape index (κ2) is 9.19. The Morgan fingerprint density at radius 3 is 1.17 bits per heavy atom. The van der Waals surface area contributed by atoms with Crippen LogP contribution in [0.2, 0.25) is 0 Å². The predicted octanol–water partition coefficient (Wildman–Crippen LogP) is 4.10. The first-order valence-electron chi connectivity index (χ1n) is 8.21. The van der Waals surface area contributed by atoms with Gasteiger partial charge in [0.1, 0.15) is 13.1 Å². The van der Waals surface area contributed by atoms with Crippen molar-refractivity contribution in [2.75, 3.05) is 27.2 Å². The Morgan fingerprint density at radius 1 is 0.667 bits per heavy atom. The number of nitrogens with zero attached hydrogens (tertiary/aromatic N) is 2. The average Bonchev–Trinajstić information content (AvgIpc) is 3.02. The summed E-state index contributed by atoms with van der Waals surface area (Å²) in [4.78, 5) is 2.18. The van der Waals surface area contributed by atoms with Gasteiger partial charge in [0, 0.05) is 0 Å². The Morgan fingerprint density at radius 2 is 0.972 bits per heavy atom. The highest BCUT2D eigenvalue weighted by Crippen LogP contribution is 2.64. The summed E-state index contributed by atoms with van der Waals surface area (Å²) in [6.07, 6.45) is -5.78. The molecule has 36 heavy (non-hydrogen) atoms. The van der Waals surface area contributed by atoms with Crippen LogP contribution in [0, 0.1) is 0 Å². The van der Waals surface area contributed by atoms with Crippen LogP contribution in [-0.4, -0.2) is 103 Å². The van der Waals surface area contributed by atoms with Crippen LogP contribution in [0.1, 0.15) is 0 Å². The molecule has 0 saturated carbocycles. The zero-order valence-electron chi connectivity index (χ0n) is 16.9. The van der Waals surface area contributed by atoms with E-state index in [-0.39, 0.29) is 0 Å². The van der Waals surface area contributed by atoms with E-state index in [1.165, 1.54) is 13.1 Å². The molecule has 1 heterocycles. The SMILES string of the molecule is CN1C=[N+](C)CC1.O=S(=O)([O-])C(F)(F)C(F)(F)C(F)(F)C(F)(F)C(F)(F)C(F)(F)C(F)(F)C(F)(F)F. The first-order chi connectivity index (χ1) is 15.3. The van der Waals surface area contributed by atoms with Crippen molar-refractivity contribution < 1.29 is 92.2 Å². The van der Waals surface area contributed by atoms with Gasteiger partial charge in [0.15, 0.2) is 10.1 Å². The normalized spacial score (nSPS) is 17.6. The lowest BCUT2D eigenvalue weighted by Gasteiger charge is -2.42. The van der Waals surface area contributed by atoms with Gasteiger partial charge in [0.25, 0.3) is 0 Å². The Kier molecular flexibility index (Phi) is 8.72.